The minimum absolute atomic E-state index is 0.0197. The molecule has 0 aliphatic heterocycles. The third-order valence-electron chi connectivity index (χ3n) is 3.33. The average molecular weight is 409 g/mol. The van der Waals surface area contributed by atoms with Crippen molar-refractivity contribution in [3.05, 3.63) is 20.2 Å². The van der Waals surface area contributed by atoms with Crippen molar-refractivity contribution in [3.8, 4) is 0 Å². The van der Waals surface area contributed by atoms with E-state index in [4.69, 9.17) is 10.5 Å². The Bertz CT molecular complexity index is 492. The van der Waals surface area contributed by atoms with Gasteiger partial charge in [-0.05, 0) is 25.7 Å². The van der Waals surface area contributed by atoms with Crippen molar-refractivity contribution in [1.29, 1.82) is 0 Å². The van der Waals surface area contributed by atoms with E-state index in [2.05, 4.69) is 20.3 Å². The maximum atomic E-state index is 11.7. The summed E-state index contributed by atoms with van der Waals surface area (Å²) in [5.74, 6) is -0.664. The molecule has 0 heterocycles. The molecule has 162 valence electrons. The second-order valence-corrected chi connectivity index (χ2v) is 5.57. The highest BCUT2D eigenvalue weighted by molar-refractivity contribution is 5.82. The molecular weight excluding hydrogens is 382 g/mol. The Kier molecular flexibility index (Phi) is 14.8. The zero-order valence-electron chi connectivity index (χ0n) is 15.5. The van der Waals surface area contributed by atoms with Gasteiger partial charge in [0.25, 0.3) is 10.2 Å². The van der Waals surface area contributed by atoms with Gasteiger partial charge in [0, 0.05) is 19.5 Å². The lowest BCUT2D eigenvalue weighted by atomic mass is 10.1. The fourth-order valence-electron chi connectivity index (χ4n) is 1.93. The van der Waals surface area contributed by atoms with Gasteiger partial charge >= 0.3 is 0 Å². The van der Waals surface area contributed by atoms with Gasteiger partial charge in [-0.2, -0.15) is 0 Å². The smallest absolute Gasteiger partial charge is 0.294 e. The minimum Gasteiger partial charge on any atom is -0.378 e. The van der Waals surface area contributed by atoms with Crippen LogP contribution in [0.4, 0.5) is 0 Å². The quantitative estimate of drug-likeness (QED) is 0.142. The topological polar surface area (TPSA) is 198 Å². The molecule has 28 heavy (non-hydrogen) atoms. The first-order valence-electron chi connectivity index (χ1n) is 8.75. The molecule has 4 N–H and O–H groups in total. The lowest BCUT2D eigenvalue weighted by Gasteiger charge is -2.12. The van der Waals surface area contributed by atoms with E-state index in [1.807, 2.05) is 0 Å². The maximum Gasteiger partial charge on any atom is 0.294 e. The molecule has 0 saturated heterocycles. The highest BCUT2D eigenvalue weighted by Gasteiger charge is 2.14. The fourth-order valence-corrected chi connectivity index (χ4v) is 1.93. The van der Waals surface area contributed by atoms with Gasteiger partial charge < -0.3 is 30.8 Å². The van der Waals surface area contributed by atoms with Crippen molar-refractivity contribution in [2.24, 2.45) is 5.73 Å². The number of unbranched alkanes of at least 4 members (excludes halogenated alkanes) is 2. The highest BCUT2D eigenvalue weighted by Crippen LogP contribution is 1.97. The molecule has 14 heteroatoms. The normalized spacial score (nSPS) is 11.3. The van der Waals surface area contributed by atoms with Crippen LogP contribution in [0.2, 0.25) is 0 Å². The van der Waals surface area contributed by atoms with Crippen LogP contribution in [0.25, 0.3) is 0 Å². The first kappa shape index (κ1) is 25.3. The highest BCUT2D eigenvalue weighted by atomic mass is 17.0. The molecule has 0 spiro atoms. The molecule has 0 fully saturated rings. The van der Waals surface area contributed by atoms with Crippen molar-refractivity contribution in [2.75, 3.05) is 39.5 Å². The van der Waals surface area contributed by atoms with Crippen molar-refractivity contribution >= 4 is 11.8 Å². The summed E-state index contributed by atoms with van der Waals surface area (Å²) in [7, 11) is 0. The van der Waals surface area contributed by atoms with E-state index < -0.39 is 22.1 Å². The Labute approximate surface area is 161 Å². The zero-order valence-corrected chi connectivity index (χ0v) is 15.5. The fraction of sp³-hybridized carbons (Fsp3) is 0.857. The van der Waals surface area contributed by atoms with Gasteiger partial charge in [-0.15, -0.1) is 20.2 Å². The number of nitrogens with zero attached hydrogens (tertiary/aromatic N) is 2. The molecule has 0 rings (SSSR count). The zero-order chi connectivity index (χ0) is 21.2. The van der Waals surface area contributed by atoms with E-state index in [0.717, 1.165) is 0 Å². The number of amides is 2. The third kappa shape index (κ3) is 16.7. The summed E-state index contributed by atoms with van der Waals surface area (Å²) in [4.78, 5) is 51.5. The van der Waals surface area contributed by atoms with E-state index in [-0.39, 0.29) is 51.7 Å². The number of hydrogen-bond donors (Lipinski definition) is 3. The monoisotopic (exact) mass is 409 g/mol. The lowest BCUT2D eigenvalue weighted by Crippen LogP contribution is -2.42. The van der Waals surface area contributed by atoms with Gasteiger partial charge in [0.1, 0.15) is 6.61 Å². The first-order valence-corrected chi connectivity index (χ1v) is 8.75. The molecule has 0 aliphatic carbocycles. The molecule has 1 atom stereocenters. The molecule has 1 unspecified atom stereocenters. The molecule has 0 saturated carbocycles. The van der Waals surface area contributed by atoms with E-state index in [1.165, 1.54) is 0 Å². The van der Waals surface area contributed by atoms with Crippen LogP contribution >= 0.6 is 0 Å². The number of nitrogens with two attached hydrogens (primary N) is 1. The molecule has 0 radical (unpaired) electrons. The third-order valence-corrected chi connectivity index (χ3v) is 3.33. The Morgan fingerprint density at radius 1 is 0.893 bits per heavy atom. The second kappa shape index (κ2) is 16.4. The summed E-state index contributed by atoms with van der Waals surface area (Å²) >= 11 is 0. The number of rotatable bonds is 18. The minimum atomic E-state index is -0.922. The summed E-state index contributed by atoms with van der Waals surface area (Å²) < 4.78 is 5.01. The number of nitrogens with one attached hydrogen (secondary N) is 2. The van der Waals surface area contributed by atoms with Gasteiger partial charge in [-0.1, -0.05) is 0 Å². The van der Waals surface area contributed by atoms with Crippen molar-refractivity contribution < 1.29 is 34.2 Å². The molecule has 0 aromatic carbocycles. The number of carbonyl (C=O) groups is 2. The van der Waals surface area contributed by atoms with Crippen LogP contribution < -0.4 is 16.4 Å². The molecule has 0 aliphatic rings. The van der Waals surface area contributed by atoms with Gasteiger partial charge in [0.2, 0.25) is 11.8 Å². The van der Waals surface area contributed by atoms with Gasteiger partial charge in [-0.25, -0.2) is 0 Å². The average Bonchev–Trinajstić information content (AvgIpc) is 2.63. The maximum absolute atomic E-state index is 11.7. The summed E-state index contributed by atoms with van der Waals surface area (Å²) in [6, 6.07) is -0.845. The van der Waals surface area contributed by atoms with Crippen LogP contribution in [0.5, 0.6) is 0 Å². The summed E-state index contributed by atoms with van der Waals surface area (Å²) in [5.41, 5.74) is 5.70. The van der Waals surface area contributed by atoms with Crippen molar-refractivity contribution in [2.45, 2.75) is 38.1 Å². The van der Waals surface area contributed by atoms with Crippen molar-refractivity contribution in [3.63, 3.8) is 0 Å². The Balaban J connectivity index is 3.57. The van der Waals surface area contributed by atoms with Crippen LogP contribution in [0, 0.1) is 20.2 Å². The summed E-state index contributed by atoms with van der Waals surface area (Å²) in [6.07, 6.45) is 2.12. The largest absolute Gasteiger partial charge is 0.378 e. The van der Waals surface area contributed by atoms with E-state index in [9.17, 15) is 29.8 Å². The molecule has 0 aromatic rings. The first-order chi connectivity index (χ1) is 13.3. The van der Waals surface area contributed by atoms with Gasteiger partial charge in [0.15, 0.2) is 0 Å². The number of ether oxygens (including phenoxy) is 1. The molecular formula is C14H27N5O9. The number of carbonyl (C=O) groups excluding carboxylic acids is 2. The van der Waals surface area contributed by atoms with E-state index in [0.29, 0.717) is 25.8 Å². The summed E-state index contributed by atoms with van der Waals surface area (Å²) in [5, 5.41) is 23.3. The van der Waals surface area contributed by atoms with E-state index >= 15 is 0 Å². The Morgan fingerprint density at radius 3 is 2.25 bits per heavy atom. The Hall–Kier alpha value is -2.74. The van der Waals surface area contributed by atoms with Gasteiger partial charge in [0.05, 0.1) is 25.9 Å². The van der Waals surface area contributed by atoms with Crippen molar-refractivity contribution in [1.82, 2.24) is 10.6 Å². The predicted molar refractivity (Wildman–Crippen MR) is 93.8 cm³/mol. The Morgan fingerprint density at radius 2 is 1.57 bits per heavy atom. The van der Waals surface area contributed by atoms with Crippen LogP contribution in [0.3, 0.4) is 0 Å². The van der Waals surface area contributed by atoms with Crippen LogP contribution in [0.15, 0.2) is 0 Å². The number of hydrogen-bond acceptors (Lipinski definition) is 10. The summed E-state index contributed by atoms with van der Waals surface area (Å²) in [6.45, 7) is 0.608. The predicted octanol–water partition coefficient (Wildman–Crippen LogP) is -1.07. The standard InChI is InChI=1S/C14H27N5O9/c15-12(14(21)17-7-9-26-10-11-28-19(24)25)4-5-13(20)16-6-2-1-3-8-27-18(22)23/h12H,1-11,15H2,(H,16,20)(H,17,21). The second-order valence-electron chi connectivity index (χ2n) is 5.57. The molecule has 2 amide bonds. The van der Waals surface area contributed by atoms with E-state index in [1.54, 1.807) is 0 Å². The van der Waals surface area contributed by atoms with Crippen LogP contribution in [0.1, 0.15) is 32.1 Å². The SMILES string of the molecule is NC(CCC(=O)NCCCCCO[N+](=O)[O-])C(=O)NCCOCCO[N+](=O)[O-]. The molecule has 0 bridgehead atoms. The van der Waals surface area contributed by atoms with Crippen LogP contribution in [-0.2, 0) is 24.0 Å². The molecule has 0 aromatic heterocycles. The van der Waals surface area contributed by atoms with Crippen LogP contribution in [-0.4, -0.2) is 67.5 Å². The molecule has 14 nitrogen and oxygen atoms in total. The lowest BCUT2D eigenvalue weighted by molar-refractivity contribution is -0.758. The van der Waals surface area contributed by atoms with Gasteiger partial charge in [-0.3, -0.25) is 9.59 Å².